The average Bonchev–Trinajstić information content (AvgIpc) is 2.67. The van der Waals surface area contributed by atoms with E-state index in [-0.39, 0.29) is 12.0 Å². The lowest BCUT2D eigenvalue weighted by Gasteiger charge is -2.29. The lowest BCUT2D eigenvalue weighted by Crippen LogP contribution is -2.39. The summed E-state index contributed by atoms with van der Waals surface area (Å²) < 4.78 is 4.83. The van der Waals surface area contributed by atoms with Gasteiger partial charge in [0.2, 0.25) is 0 Å². The van der Waals surface area contributed by atoms with Crippen LogP contribution in [0.2, 0.25) is 0 Å². The van der Waals surface area contributed by atoms with Gasteiger partial charge in [0.15, 0.2) is 0 Å². The van der Waals surface area contributed by atoms with Crippen molar-refractivity contribution in [3.8, 4) is 0 Å². The number of fused-ring (bicyclic) bond motifs is 4. The molecule has 1 unspecified atom stereocenters. The zero-order valence-electron chi connectivity index (χ0n) is 9.01. The molecule has 5 nitrogen and oxygen atoms in total. The number of nitrogens with zero attached hydrogens (tertiary/aromatic N) is 2. The van der Waals surface area contributed by atoms with E-state index in [1.807, 2.05) is 12.1 Å². The van der Waals surface area contributed by atoms with Crippen molar-refractivity contribution in [1.82, 2.24) is 4.98 Å². The molecule has 1 aromatic rings. The van der Waals surface area contributed by atoms with Gasteiger partial charge in [0, 0.05) is 25.2 Å². The summed E-state index contributed by atoms with van der Waals surface area (Å²) >= 11 is 0. The van der Waals surface area contributed by atoms with Crippen LogP contribution in [0.3, 0.4) is 0 Å². The summed E-state index contributed by atoms with van der Waals surface area (Å²) in [6.45, 7) is 0.846. The minimum Gasteiger partial charge on any atom is -0.467 e. The van der Waals surface area contributed by atoms with Crippen LogP contribution < -0.4 is 10.2 Å². The van der Waals surface area contributed by atoms with Crippen LogP contribution in [0.5, 0.6) is 0 Å². The van der Waals surface area contributed by atoms with E-state index in [1.54, 1.807) is 6.20 Å². The van der Waals surface area contributed by atoms with Crippen molar-refractivity contribution in [2.24, 2.45) is 0 Å². The number of esters is 1. The Balaban J connectivity index is 1.99. The number of nitrogens with one attached hydrogen (secondary N) is 1. The molecule has 2 aliphatic heterocycles. The van der Waals surface area contributed by atoms with Gasteiger partial charge in [0.1, 0.15) is 11.9 Å². The predicted molar refractivity (Wildman–Crippen MR) is 59.4 cm³/mol. The molecule has 5 heteroatoms. The molecule has 0 radical (unpaired) electrons. The molecule has 0 spiro atoms. The van der Waals surface area contributed by atoms with Crippen molar-refractivity contribution in [2.45, 2.75) is 18.5 Å². The van der Waals surface area contributed by atoms with E-state index in [9.17, 15) is 4.79 Å². The van der Waals surface area contributed by atoms with E-state index < -0.39 is 0 Å². The first-order valence-corrected chi connectivity index (χ1v) is 5.35. The molecular weight excluding hydrogens is 206 g/mol. The van der Waals surface area contributed by atoms with E-state index in [0.29, 0.717) is 6.04 Å². The highest BCUT2D eigenvalue weighted by Gasteiger charge is 2.42. The van der Waals surface area contributed by atoms with Crippen LogP contribution in [0.15, 0.2) is 18.3 Å². The van der Waals surface area contributed by atoms with Gasteiger partial charge in [-0.05, 0) is 12.1 Å². The van der Waals surface area contributed by atoms with Gasteiger partial charge in [0.25, 0.3) is 0 Å². The largest absolute Gasteiger partial charge is 0.467 e. The monoisotopic (exact) mass is 219 g/mol. The number of ether oxygens (including phenoxy) is 1. The number of hydrogen-bond donors (Lipinski definition) is 1. The molecular formula is C11H13N3O2. The first-order valence-electron chi connectivity index (χ1n) is 5.35. The molecule has 3 rings (SSSR count). The zero-order valence-corrected chi connectivity index (χ0v) is 9.01. The molecule has 16 heavy (non-hydrogen) atoms. The minimum absolute atomic E-state index is 0.166. The molecule has 0 saturated carbocycles. The Kier molecular flexibility index (Phi) is 1.99. The van der Waals surface area contributed by atoms with Gasteiger partial charge in [-0.1, -0.05) is 0 Å². The third-order valence-electron chi connectivity index (χ3n) is 3.21. The van der Waals surface area contributed by atoms with Crippen molar-refractivity contribution in [2.75, 3.05) is 23.9 Å². The maximum Gasteiger partial charge on any atom is 0.328 e. The number of carbonyl (C=O) groups excluding carboxylic acids is 1. The number of pyridine rings is 1. The summed E-state index contributed by atoms with van der Waals surface area (Å²) in [6.07, 6.45) is 2.54. The van der Waals surface area contributed by atoms with Gasteiger partial charge < -0.3 is 15.0 Å². The smallest absolute Gasteiger partial charge is 0.328 e. The molecule has 1 fully saturated rings. The van der Waals surface area contributed by atoms with Crippen molar-refractivity contribution < 1.29 is 9.53 Å². The van der Waals surface area contributed by atoms with Crippen LogP contribution in [0.25, 0.3) is 0 Å². The number of methoxy groups -OCH3 is 1. The first kappa shape index (κ1) is 9.45. The summed E-state index contributed by atoms with van der Waals surface area (Å²) in [5, 5.41) is 3.34. The maximum absolute atomic E-state index is 11.7. The highest BCUT2D eigenvalue weighted by atomic mass is 16.5. The van der Waals surface area contributed by atoms with Crippen LogP contribution in [0.1, 0.15) is 6.42 Å². The third kappa shape index (κ3) is 1.24. The van der Waals surface area contributed by atoms with Crippen molar-refractivity contribution in [3.63, 3.8) is 0 Å². The summed E-state index contributed by atoms with van der Waals surface area (Å²) in [5.41, 5.74) is 0.992. The summed E-state index contributed by atoms with van der Waals surface area (Å²) in [7, 11) is 1.43. The van der Waals surface area contributed by atoms with Gasteiger partial charge in [-0.3, -0.25) is 0 Å². The van der Waals surface area contributed by atoms with Crippen LogP contribution in [-0.4, -0.2) is 36.7 Å². The average molecular weight is 219 g/mol. The Morgan fingerprint density at radius 1 is 1.69 bits per heavy atom. The van der Waals surface area contributed by atoms with Crippen LogP contribution in [0.4, 0.5) is 11.5 Å². The Hall–Kier alpha value is -1.78. The molecule has 84 valence electrons. The second-order valence-electron chi connectivity index (χ2n) is 4.14. The van der Waals surface area contributed by atoms with Crippen LogP contribution in [0, 0.1) is 0 Å². The predicted octanol–water partition coefficient (Wildman–Crippen LogP) is 0.627. The topological polar surface area (TPSA) is 54.5 Å². The number of rotatable bonds is 1. The van der Waals surface area contributed by atoms with E-state index in [1.165, 1.54) is 7.11 Å². The molecule has 0 aliphatic carbocycles. The lowest BCUT2D eigenvalue weighted by atomic mass is 10.2. The second-order valence-corrected chi connectivity index (χ2v) is 4.14. The third-order valence-corrected chi connectivity index (χ3v) is 3.21. The van der Waals surface area contributed by atoms with Crippen LogP contribution in [-0.2, 0) is 9.53 Å². The molecule has 0 aromatic carbocycles. The lowest BCUT2D eigenvalue weighted by molar-refractivity contribution is -0.141. The van der Waals surface area contributed by atoms with Gasteiger partial charge in [-0.2, -0.15) is 0 Å². The fraction of sp³-hybridized carbons (Fsp3) is 0.455. The van der Waals surface area contributed by atoms with Crippen LogP contribution >= 0.6 is 0 Å². The number of hydrogen-bond acceptors (Lipinski definition) is 5. The number of carbonyl (C=O) groups is 1. The number of anilines is 2. The molecule has 0 amide bonds. The molecule has 2 atom stereocenters. The molecule has 1 aromatic heterocycles. The zero-order chi connectivity index (χ0) is 11.1. The SMILES string of the molecule is COC(=O)C1C[C@H]2CN1c1cccnc1N2. The number of aromatic nitrogens is 1. The van der Waals surface area contributed by atoms with E-state index in [2.05, 4.69) is 15.2 Å². The summed E-state index contributed by atoms with van der Waals surface area (Å²) in [5.74, 6) is 0.700. The second kappa shape index (κ2) is 3.37. The van der Waals surface area contributed by atoms with Crippen molar-refractivity contribution >= 4 is 17.5 Å². The Morgan fingerprint density at radius 2 is 2.56 bits per heavy atom. The van der Waals surface area contributed by atoms with E-state index in [4.69, 9.17) is 4.74 Å². The molecule has 1 saturated heterocycles. The Labute approximate surface area is 93.4 Å². The first-order chi connectivity index (χ1) is 7.79. The highest BCUT2D eigenvalue weighted by Crippen LogP contribution is 2.37. The Bertz CT molecular complexity index is 435. The highest BCUT2D eigenvalue weighted by molar-refractivity contribution is 5.84. The minimum atomic E-state index is -0.173. The van der Waals surface area contributed by atoms with Gasteiger partial charge >= 0.3 is 5.97 Å². The van der Waals surface area contributed by atoms with Gasteiger partial charge in [-0.15, -0.1) is 0 Å². The molecule has 3 heterocycles. The summed E-state index contributed by atoms with van der Waals surface area (Å²) in [4.78, 5) is 18.0. The standard InChI is InChI=1S/C11H13N3O2/c1-16-11(15)9-5-7-6-14(9)8-3-2-4-12-10(8)13-7/h2-4,7,9H,5-6H2,1H3,(H,12,13)/t7-,9?/m0/s1. The van der Waals surface area contributed by atoms with Crippen molar-refractivity contribution in [3.05, 3.63) is 18.3 Å². The summed E-state index contributed by atoms with van der Waals surface area (Å²) in [6, 6.07) is 3.99. The molecule has 2 aliphatic rings. The maximum atomic E-state index is 11.7. The Morgan fingerprint density at radius 3 is 3.38 bits per heavy atom. The van der Waals surface area contributed by atoms with Gasteiger partial charge in [-0.25, -0.2) is 9.78 Å². The normalized spacial score (nSPS) is 25.9. The fourth-order valence-corrected chi connectivity index (χ4v) is 2.50. The molecule has 1 N–H and O–H groups in total. The fourth-order valence-electron chi connectivity index (χ4n) is 2.50. The van der Waals surface area contributed by atoms with Gasteiger partial charge in [0.05, 0.1) is 12.8 Å². The van der Waals surface area contributed by atoms with E-state index in [0.717, 1.165) is 24.5 Å². The van der Waals surface area contributed by atoms with E-state index >= 15 is 0 Å². The quantitative estimate of drug-likeness (QED) is 0.702. The van der Waals surface area contributed by atoms with Crippen molar-refractivity contribution in [1.29, 1.82) is 0 Å². The molecule has 2 bridgehead atoms.